The Morgan fingerprint density at radius 2 is 1.74 bits per heavy atom. The Bertz CT molecular complexity index is 693. The molecule has 0 aromatic carbocycles. The fourth-order valence-corrected chi connectivity index (χ4v) is 8.84. The lowest BCUT2D eigenvalue weighted by Crippen LogP contribution is -2.50. The van der Waals surface area contributed by atoms with Gasteiger partial charge in [-0.1, -0.05) is 65.5 Å². The van der Waals surface area contributed by atoms with Gasteiger partial charge in [0.2, 0.25) is 0 Å². The van der Waals surface area contributed by atoms with Crippen LogP contribution in [0.4, 0.5) is 0 Å². The van der Waals surface area contributed by atoms with Crippen LogP contribution >= 0.6 is 0 Å². The van der Waals surface area contributed by atoms with E-state index in [1.165, 1.54) is 57.8 Å². The molecule has 176 valence electrons. The van der Waals surface area contributed by atoms with Gasteiger partial charge in [0.25, 0.3) is 0 Å². The van der Waals surface area contributed by atoms with Gasteiger partial charge < -0.3 is 4.74 Å². The number of carbonyl (C=O) groups is 1. The van der Waals surface area contributed by atoms with E-state index in [2.05, 4.69) is 40.7 Å². The highest BCUT2D eigenvalue weighted by atomic mass is 16.5. The lowest BCUT2D eigenvalue weighted by Gasteiger charge is -2.58. The molecular formula is C29H48O2. The van der Waals surface area contributed by atoms with E-state index < -0.39 is 0 Å². The molecule has 4 aliphatic carbocycles. The third-order valence-electron chi connectivity index (χ3n) is 10.6. The Morgan fingerprint density at radius 3 is 2.45 bits per heavy atom. The second-order valence-electron chi connectivity index (χ2n) is 12.8. The summed E-state index contributed by atoms with van der Waals surface area (Å²) in [6.07, 6.45) is 17.3. The van der Waals surface area contributed by atoms with Crippen LogP contribution in [-0.2, 0) is 9.53 Å². The van der Waals surface area contributed by atoms with Crippen LogP contribution < -0.4 is 0 Å². The highest BCUT2D eigenvalue weighted by Gasteiger charge is 2.58. The average Bonchev–Trinajstić information content (AvgIpc) is 3.05. The Balaban J connectivity index is 1.47. The van der Waals surface area contributed by atoms with E-state index in [1.54, 1.807) is 6.92 Å². The molecule has 8 atom stereocenters. The normalized spacial score (nSPS) is 42.9. The number of fused-ring (bicyclic) bond motifs is 5. The third kappa shape index (κ3) is 4.26. The molecule has 0 aliphatic heterocycles. The molecule has 3 fully saturated rings. The molecule has 31 heavy (non-hydrogen) atoms. The summed E-state index contributed by atoms with van der Waals surface area (Å²) in [4.78, 5) is 11.5. The maximum atomic E-state index is 11.5. The van der Waals surface area contributed by atoms with Crippen molar-refractivity contribution >= 4 is 5.97 Å². The van der Waals surface area contributed by atoms with E-state index in [-0.39, 0.29) is 12.1 Å². The zero-order valence-corrected chi connectivity index (χ0v) is 21.2. The smallest absolute Gasteiger partial charge is 0.302 e. The van der Waals surface area contributed by atoms with Crippen LogP contribution in [0.5, 0.6) is 0 Å². The first kappa shape index (κ1) is 23.4. The predicted molar refractivity (Wildman–Crippen MR) is 129 cm³/mol. The zero-order valence-electron chi connectivity index (χ0n) is 21.2. The molecule has 0 aromatic heterocycles. The van der Waals surface area contributed by atoms with Crippen LogP contribution in [0.15, 0.2) is 11.6 Å². The Morgan fingerprint density at radius 1 is 1.03 bits per heavy atom. The van der Waals surface area contributed by atoms with Gasteiger partial charge in [-0.15, -0.1) is 0 Å². The molecule has 4 rings (SSSR count). The van der Waals surface area contributed by atoms with Gasteiger partial charge in [0.15, 0.2) is 0 Å². The van der Waals surface area contributed by atoms with Crippen molar-refractivity contribution in [1.82, 2.24) is 0 Å². The minimum Gasteiger partial charge on any atom is -0.463 e. The van der Waals surface area contributed by atoms with Crippen molar-refractivity contribution in [2.24, 2.45) is 46.3 Å². The van der Waals surface area contributed by atoms with Crippen LogP contribution in [0.2, 0.25) is 0 Å². The molecular weight excluding hydrogens is 380 g/mol. The van der Waals surface area contributed by atoms with Gasteiger partial charge in [-0.05, 0) is 97.7 Å². The molecule has 0 aromatic rings. The van der Waals surface area contributed by atoms with Crippen molar-refractivity contribution < 1.29 is 9.53 Å². The SMILES string of the molecule is CC(=O)O[C@@H]1CC[C@@]2(C)[C@@H](CC=C3[C@H]2CC[C@@]2(C)[C@@H]([C@H](C)CCCC(C)C)CC[C@@H]32)C1. The van der Waals surface area contributed by atoms with Crippen LogP contribution in [-0.4, -0.2) is 12.1 Å². The standard InChI is InChI=1S/C29H48O2/c1-19(2)8-7-9-20(3)25-12-13-26-24-11-10-22-18-23(31-21(4)30)14-16-28(22,5)27(24)15-17-29(25,26)6/h11,19-20,22-23,25-27H,7-10,12-18H2,1-6H3/t20-,22+,23-,25-,26+,27-,28+,29+/m1/s1. The predicted octanol–water partition coefficient (Wildman–Crippen LogP) is 7.96. The second kappa shape index (κ2) is 8.86. The quantitative estimate of drug-likeness (QED) is 0.317. The van der Waals surface area contributed by atoms with Crippen LogP contribution in [0, 0.1) is 46.3 Å². The Kier molecular flexibility index (Phi) is 6.68. The number of hydrogen-bond donors (Lipinski definition) is 0. The van der Waals surface area contributed by atoms with E-state index in [0.29, 0.717) is 16.7 Å². The molecule has 2 heteroatoms. The summed E-state index contributed by atoms with van der Waals surface area (Å²) < 4.78 is 5.63. The summed E-state index contributed by atoms with van der Waals surface area (Å²) in [6, 6.07) is 0. The Hall–Kier alpha value is -0.790. The molecule has 2 nitrogen and oxygen atoms in total. The second-order valence-corrected chi connectivity index (χ2v) is 12.8. The van der Waals surface area contributed by atoms with Gasteiger partial charge in [-0.3, -0.25) is 4.79 Å². The minimum atomic E-state index is -0.103. The van der Waals surface area contributed by atoms with E-state index in [1.807, 2.05) is 5.57 Å². The van der Waals surface area contributed by atoms with Crippen molar-refractivity contribution in [3.05, 3.63) is 11.6 Å². The van der Waals surface area contributed by atoms with Crippen molar-refractivity contribution in [2.45, 2.75) is 118 Å². The number of ether oxygens (including phenoxy) is 1. The summed E-state index contributed by atoms with van der Waals surface area (Å²) in [5, 5.41) is 0. The van der Waals surface area contributed by atoms with E-state index in [9.17, 15) is 4.79 Å². The highest BCUT2D eigenvalue weighted by molar-refractivity contribution is 5.66. The molecule has 0 spiro atoms. The number of hydrogen-bond acceptors (Lipinski definition) is 2. The summed E-state index contributed by atoms with van der Waals surface area (Å²) >= 11 is 0. The van der Waals surface area contributed by atoms with E-state index in [0.717, 1.165) is 42.4 Å². The molecule has 0 radical (unpaired) electrons. The topological polar surface area (TPSA) is 26.3 Å². The van der Waals surface area contributed by atoms with E-state index in [4.69, 9.17) is 4.74 Å². The number of esters is 1. The van der Waals surface area contributed by atoms with Gasteiger partial charge in [0.05, 0.1) is 0 Å². The lowest BCUT2D eigenvalue weighted by atomic mass is 9.47. The van der Waals surface area contributed by atoms with Gasteiger partial charge >= 0.3 is 5.97 Å². The summed E-state index contributed by atoms with van der Waals surface area (Å²) in [7, 11) is 0. The van der Waals surface area contributed by atoms with Crippen molar-refractivity contribution in [3.63, 3.8) is 0 Å². The molecule has 0 unspecified atom stereocenters. The van der Waals surface area contributed by atoms with E-state index >= 15 is 0 Å². The van der Waals surface area contributed by atoms with Crippen molar-refractivity contribution in [3.8, 4) is 0 Å². The molecule has 0 bridgehead atoms. The van der Waals surface area contributed by atoms with Gasteiger partial charge in [-0.25, -0.2) is 0 Å². The number of allylic oxidation sites excluding steroid dienone is 2. The number of rotatable bonds is 6. The molecule has 4 aliphatic rings. The van der Waals surface area contributed by atoms with Gasteiger partial charge in [0, 0.05) is 6.92 Å². The largest absolute Gasteiger partial charge is 0.463 e. The fraction of sp³-hybridized carbons (Fsp3) is 0.897. The molecule has 0 amide bonds. The summed E-state index contributed by atoms with van der Waals surface area (Å²) in [5.41, 5.74) is 2.80. The highest BCUT2D eigenvalue weighted by Crippen LogP contribution is 2.67. The van der Waals surface area contributed by atoms with Crippen LogP contribution in [0.1, 0.15) is 112 Å². The maximum Gasteiger partial charge on any atom is 0.302 e. The third-order valence-corrected chi connectivity index (χ3v) is 10.6. The fourth-order valence-electron chi connectivity index (χ4n) is 8.84. The van der Waals surface area contributed by atoms with Crippen LogP contribution in [0.3, 0.4) is 0 Å². The first-order valence-electron chi connectivity index (χ1n) is 13.5. The first-order chi connectivity index (χ1) is 14.6. The average molecular weight is 429 g/mol. The molecule has 0 heterocycles. The monoisotopic (exact) mass is 428 g/mol. The Labute approximate surface area is 192 Å². The van der Waals surface area contributed by atoms with Crippen molar-refractivity contribution in [1.29, 1.82) is 0 Å². The molecule has 0 saturated heterocycles. The lowest BCUT2D eigenvalue weighted by molar-refractivity contribution is -0.152. The number of carbonyl (C=O) groups excluding carboxylic acids is 1. The van der Waals surface area contributed by atoms with Crippen molar-refractivity contribution in [2.75, 3.05) is 0 Å². The molecule has 0 N–H and O–H groups in total. The van der Waals surface area contributed by atoms with Gasteiger partial charge in [0.1, 0.15) is 6.10 Å². The van der Waals surface area contributed by atoms with Crippen LogP contribution in [0.25, 0.3) is 0 Å². The first-order valence-corrected chi connectivity index (χ1v) is 13.5. The summed E-state index contributed by atoms with van der Waals surface area (Å²) in [5.74, 6) is 4.81. The maximum absolute atomic E-state index is 11.5. The zero-order chi connectivity index (χ0) is 22.4. The van der Waals surface area contributed by atoms with Gasteiger partial charge in [-0.2, -0.15) is 0 Å². The molecule has 3 saturated carbocycles. The minimum absolute atomic E-state index is 0.103. The summed E-state index contributed by atoms with van der Waals surface area (Å²) in [6.45, 7) is 14.1.